The second kappa shape index (κ2) is 3.71. The van der Waals surface area contributed by atoms with Crippen molar-refractivity contribution in [2.45, 2.75) is 0 Å². The molecule has 0 unspecified atom stereocenters. The number of aromatic nitrogens is 4. The lowest BCUT2D eigenvalue weighted by atomic mass is 10.0. The molecule has 1 aliphatic heterocycles. The standard InChI is InChI=1S/C10H13N5O/c1-16-6-8-4-15(5-8)9-10-13-12-7-14(10)3-2-11-9/h2-3,7-8H,4-6H2,1H3. The largest absolute Gasteiger partial charge is 0.384 e. The van der Waals surface area contributed by atoms with Crippen molar-refractivity contribution in [3.05, 3.63) is 18.7 Å². The predicted octanol–water partition coefficient (Wildman–Crippen LogP) is 0.207. The van der Waals surface area contributed by atoms with Gasteiger partial charge in [0.25, 0.3) is 0 Å². The van der Waals surface area contributed by atoms with Gasteiger partial charge in [-0.1, -0.05) is 0 Å². The number of anilines is 1. The first-order valence-electron chi connectivity index (χ1n) is 5.26. The van der Waals surface area contributed by atoms with E-state index in [0.29, 0.717) is 5.92 Å². The highest BCUT2D eigenvalue weighted by Crippen LogP contribution is 2.25. The predicted molar refractivity (Wildman–Crippen MR) is 58.4 cm³/mol. The van der Waals surface area contributed by atoms with Crippen molar-refractivity contribution in [3.63, 3.8) is 0 Å². The molecule has 0 spiro atoms. The molecule has 0 aliphatic carbocycles. The number of rotatable bonds is 3. The second-order valence-corrected chi connectivity index (χ2v) is 4.04. The molecule has 0 N–H and O–H groups in total. The molecule has 0 bridgehead atoms. The van der Waals surface area contributed by atoms with Crippen LogP contribution in [0.3, 0.4) is 0 Å². The highest BCUT2D eigenvalue weighted by atomic mass is 16.5. The first-order chi connectivity index (χ1) is 7.88. The Morgan fingerprint density at radius 3 is 3.19 bits per heavy atom. The van der Waals surface area contributed by atoms with E-state index in [0.717, 1.165) is 31.2 Å². The maximum absolute atomic E-state index is 5.12. The molecule has 0 radical (unpaired) electrons. The minimum atomic E-state index is 0.606. The first kappa shape index (κ1) is 9.53. The van der Waals surface area contributed by atoms with Crippen LogP contribution < -0.4 is 4.90 Å². The molecule has 6 nitrogen and oxygen atoms in total. The molecule has 0 atom stereocenters. The molecule has 2 aromatic heterocycles. The molecular weight excluding hydrogens is 206 g/mol. The smallest absolute Gasteiger partial charge is 0.203 e. The third-order valence-electron chi connectivity index (χ3n) is 2.86. The summed E-state index contributed by atoms with van der Waals surface area (Å²) in [4.78, 5) is 6.56. The molecule has 6 heteroatoms. The summed E-state index contributed by atoms with van der Waals surface area (Å²) in [6.07, 6.45) is 5.31. The van der Waals surface area contributed by atoms with Crippen LogP contribution >= 0.6 is 0 Å². The number of methoxy groups -OCH3 is 1. The van der Waals surface area contributed by atoms with Crippen molar-refractivity contribution < 1.29 is 4.74 Å². The average molecular weight is 219 g/mol. The van der Waals surface area contributed by atoms with Gasteiger partial charge in [-0.2, -0.15) is 0 Å². The highest BCUT2D eigenvalue weighted by Gasteiger charge is 2.29. The van der Waals surface area contributed by atoms with Gasteiger partial charge >= 0.3 is 0 Å². The third-order valence-corrected chi connectivity index (χ3v) is 2.86. The lowest BCUT2D eigenvalue weighted by Gasteiger charge is -2.39. The highest BCUT2D eigenvalue weighted by molar-refractivity contribution is 5.64. The minimum absolute atomic E-state index is 0.606. The Morgan fingerprint density at radius 1 is 1.50 bits per heavy atom. The molecule has 3 heterocycles. The van der Waals surface area contributed by atoms with Gasteiger partial charge in [-0.25, -0.2) is 4.98 Å². The molecule has 1 aliphatic rings. The molecule has 16 heavy (non-hydrogen) atoms. The van der Waals surface area contributed by atoms with Gasteiger partial charge in [-0.3, -0.25) is 4.40 Å². The van der Waals surface area contributed by atoms with Crippen molar-refractivity contribution in [2.24, 2.45) is 5.92 Å². The maximum atomic E-state index is 5.12. The van der Waals surface area contributed by atoms with Crippen molar-refractivity contribution in [2.75, 3.05) is 31.7 Å². The number of hydrogen-bond acceptors (Lipinski definition) is 5. The van der Waals surface area contributed by atoms with Gasteiger partial charge in [-0.15, -0.1) is 10.2 Å². The van der Waals surface area contributed by atoms with E-state index in [1.54, 1.807) is 19.6 Å². The Labute approximate surface area is 92.9 Å². The van der Waals surface area contributed by atoms with Gasteiger partial charge in [0.15, 0.2) is 5.82 Å². The van der Waals surface area contributed by atoms with Gasteiger partial charge in [0.2, 0.25) is 5.65 Å². The van der Waals surface area contributed by atoms with Crippen LogP contribution in [0.1, 0.15) is 0 Å². The van der Waals surface area contributed by atoms with E-state index in [1.807, 2.05) is 10.6 Å². The number of fused-ring (bicyclic) bond motifs is 1. The van der Waals surface area contributed by atoms with Gasteiger partial charge < -0.3 is 9.64 Å². The van der Waals surface area contributed by atoms with Crippen molar-refractivity contribution in [1.29, 1.82) is 0 Å². The zero-order chi connectivity index (χ0) is 11.0. The second-order valence-electron chi connectivity index (χ2n) is 4.04. The van der Waals surface area contributed by atoms with Gasteiger partial charge in [-0.05, 0) is 0 Å². The van der Waals surface area contributed by atoms with Crippen molar-refractivity contribution >= 4 is 11.5 Å². The normalized spacial score (nSPS) is 16.7. The zero-order valence-electron chi connectivity index (χ0n) is 9.08. The number of ether oxygens (including phenoxy) is 1. The Morgan fingerprint density at radius 2 is 2.38 bits per heavy atom. The summed E-state index contributed by atoms with van der Waals surface area (Å²) in [6.45, 7) is 2.77. The Hall–Kier alpha value is -1.69. The van der Waals surface area contributed by atoms with Crippen LogP contribution in [-0.2, 0) is 4.74 Å². The van der Waals surface area contributed by atoms with E-state index in [9.17, 15) is 0 Å². The lowest BCUT2D eigenvalue weighted by molar-refractivity contribution is 0.137. The quantitative estimate of drug-likeness (QED) is 0.738. The Balaban J connectivity index is 1.83. The van der Waals surface area contributed by atoms with Crippen molar-refractivity contribution in [1.82, 2.24) is 19.6 Å². The van der Waals surface area contributed by atoms with Crippen LogP contribution in [0.4, 0.5) is 5.82 Å². The minimum Gasteiger partial charge on any atom is -0.384 e. The fourth-order valence-electron chi connectivity index (χ4n) is 2.05. The summed E-state index contributed by atoms with van der Waals surface area (Å²) in [5, 5.41) is 7.95. The summed E-state index contributed by atoms with van der Waals surface area (Å²) < 4.78 is 7.00. The molecular formula is C10H13N5O. The summed E-state index contributed by atoms with van der Waals surface area (Å²) in [6, 6.07) is 0. The van der Waals surface area contributed by atoms with E-state index in [4.69, 9.17) is 4.74 Å². The zero-order valence-corrected chi connectivity index (χ0v) is 9.08. The summed E-state index contributed by atoms with van der Waals surface area (Å²) in [5.74, 6) is 1.52. The summed E-state index contributed by atoms with van der Waals surface area (Å²) in [7, 11) is 1.74. The lowest BCUT2D eigenvalue weighted by Crippen LogP contribution is -2.49. The van der Waals surface area contributed by atoms with E-state index >= 15 is 0 Å². The molecule has 3 rings (SSSR count). The summed E-state index contributed by atoms with van der Waals surface area (Å²) in [5.41, 5.74) is 0.818. The van der Waals surface area contributed by atoms with E-state index < -0.39 is 0 Å². The first-order valence-corrected chi connectivity index (χ1v) is 5.26. The molecule has 84 valence electrons. The van der Waals surface area contributed by atoms with Crippen molar-refractivity contribution in [3.8, 4) is 0 Å². The van der Waals surface area contributed by atoms with Gasteiger partial charge in [0, 0.05) is 38.5 Å². The molecule has 0 saturated carbocycles. The van der Waals surface area contributed by atoms with Crippen LogP contribution in [0.2, 0.25) is 0 Å². The van der Waals surface area contributed by atoms with Gasteiger partial charge in [0.05, 0.1) is 6.61 Å². The molecule has 1 saturated heterocycles. The van der Waals surface area contributed by atoms with Crippen LogP contribution in [-0.4, -0.2) is 46.4 Å². The van der Waals surface area contributed by atoms with Crippen LogP contribution in [0, 0.1) is 5.92 Å². The summed E-state index contributed by atoms with van der Waals surface area (Å²) >= 11 is 0. The Bertz CT molecular complexity index is 491. The topological polar surface area (TPSA) is 55.5 Å². The van der Waals surface area contributed by atoms with Crippen LogP contribution in [0.25, 0.3) is 5.65 Å². The Kier molecular flexibility index (Phi) is 2.21. The average Bonchev–Trinajstić information content (AvgIpc) is 2.70. The molecule has 0 amide bonds. The monoisotopic (exact) mass is 219 g/mol. The van der Waals surface area contributed by atoms with Crippen LogP contribution in [0.15, 0.2) is 18.7 Å². The van der Waals surface area contributed by atoms with E-state index in [2.05, 4.69) is 20.1 Å². The van der Waals surface area contributed by atoms with E-state index in [1.165, 1.54) is 0 Å². The number of nitrogens with zero attached hydrogens (tertiary/aromatic N) is 5. The fourth-order valence-corrected chi connectivity index (χ4v) is 2.05. The fraction of sp³-hybridized carbons (Fsp3) is 0.500. The molecule has 2 aromatic rings. The van der Waals surface area contributed by atoms with Crippen LogP contribution in [0.5, 0.6) is 0 Å². The third kappa shape index (κ3) is 1.42. The van der Waals surface area contributed by atoms with E-state index in [-0.39, 0.29) is 0 Å². The molecule has 1 fully saturated rings. The maximum Gasteiger partial charge on any atom is 0.203 e. The SMILES string of the molecule is COCC1CN(c2nccn3cnnc23)C1. The number of hydrogen-bond donors (Lipinski definition) is 0. The van der Waals surface area contributed by atoms with Gasteiger partial charge in [0.1, 0.15) is 6.33 Å². The molecule has 0 aromatic carbocycles.